The first-order valence-electron chi connectivity index (χ1n) is 6.83. The molecule has 0 aliphatic heterocycles. The number of hydrogen-bond donors (Lipinski definition) is 1. The molecule has 19 heavy (non-hydrogen) atoms. The van der Waals surface area contributed by atoms with E-state index < -0.39 is 0 Å². The Morgan fingerprint density at radius 2 is 1.74 bits per heavy atom. The summed E-state index contributed by atoms with van der Waals surface area (Å²) < 4.78 is 10.6. The van der Waals surface area contributed by atoms with Crippen molar-refractivity contribution in [3.8, 4) is 11.5 Å². The predicted octanol–water partition coefficient (Wildman–Crippen LogP) is 4.35. The maximum absolute atomic E-state index is 6.29. The highest BCUT2D eigenvalue weighted by molar-refractivity contribution is 6.33. The van der Waals surface area contributed by atoms with Gasteiger partial charge >= 0.3 is 0 Å². The van der Waals surface area contributed by atoms with Gasteiger partial charge < -0.3 is 14.8 Å². The number of benzene rings is 1. The Hall–Kier alpha value is -1.09. The molecule has 0 heterocycles. The van der Waals surface area contributed by atoms with Crippen molar-refractivity contribution >= 4 is 17.3 Å². The first-order valence-corrected chi connectivity index (χ1v) is 7.21. The van der Waals surface area contributed by atoms with Crippen LogP contribution < -0.4 is 14.8 Å². The molecule has 0 amide bonds. The molecular weight excluding hydrogens is 262 g/mol. The summed E-state index contributed by atoms with van der Waals surface area (Å²) in [6, 6.07) is 4.13. The van der Waals surface area contributed by atoms with Crippen molar-refractivity contribution in [3.63, 3.8) is 0 Å². The minimum absolute atomic E-state index is 0.429. The molecule has 106 valence electrons. The molecule has 1 aliphatic rings. The van der Waals surface area contributed by atoms with Gasteiger partial charge in [0.2, 0.25) is 0 Å². The highest BCUT2D eigenvalue weighted by atomic mass is 35.5. The van der Waals surface area contributed by atoms with Crippen LogP contribution >= 0.6 is 11.6 Å². The molecule has 1 unspecified atom stereocenters. The Balaban J connectivity index is 2.14. The molecule has 2 rings (SSSR count). The molecule has 1 N–H and O–H groups in total. The largest absolute Gasteiger partial charge is 0.493 e. The van der Waals surface area contributed by atoms with E-state index >= 15 is 0 Å². The average molecular weight is 284 g/mol. The number of hydrogen-bond acceptors (Lipinski definition) is 3. The predicted molar refractivity (Wildman–Crippen MR) is 79.6 cm³/mol. The summed E-state index contributed by atoms with van der Waals surface area (Å²) in [5.74, 6) is 2.10. The fourth-order valence-corrected chi connectivity index (χ4v) is 2.99. The van der Waals surface area contributed by atoms with E-state index in [4.69, 9.17) is 21.1 Å². The van der Waals surface area contributed by atoms with Gasteiger partial charge in [-0.3, -0.25) is 0 Å². The van der Waals surface area contributed by atoms with Gasteiger partial charge in [-0.2, -0.15) is 0 Å². The van der Waals surface area contributed by atoms with E-state index in [1.807, 2.05) is 6.07 Å². The van der Waals surface area contributed by atoms with Gasteiger partial charge in [0, 0.05) is 18.2 Å². The summed E-state index contributed by atoms with van der Waals surface area (Å²) >= 11 is 6.29. The number of halogens is 1. The molecule has 0 bridgehead atoms. The van der Waals surface area contributed by atoms with E-state index in [1.54, 1.807) is 20.3 Å². The first-order chi connectivity index (χ1) is 9.15. The molecular formula is C15H22ClNO2. The van der Waals surface area contributed by atoms with Crippen LogP contribution in [0.2, 0.25) is 5.02 Å². The van der Waals surface area contributed by atoms with Gasteiger partial charge in [0.05, 0.1) is 24.9 Å². The van der Waals surface area contributed by atoms with Gasteiger partial charge in [0.25, 0.3) is 0 Å². The number of nitrogens with one attached hydrogen (secondary N) is 1. The molecule has 0 radical (unpaired) electrons. The van der Waals surface area contributed by atoms with Gasteiger partial charge in [-0.25, -0.2) is 0 Å². The maximum atomic E-state index is 6.29. The number of methoxy groups -OCH3 is 2. The number of ether oxygens (including phenoxy) is 2. The monoisotopic (exact) mass is 283 g/mol. The van der Waals surface area contributed by atoms with Crippen LogP contribution in [0, 0.1) is 5.92 Å². The Morgan fingerprint density at radius 1 is 1.16 bits per heavy atom. The maximum Gasteiger partial charge on any atom is 0.162 e. The highest BCUT2D eigenvalue weighted by Gasteiger charge is 2.22. The SMILES string of the molecule is COc1cc(Cl)c(NC(C)C2CCCC2)cc1OC. The fourth-order valence-electron chi connectivity index (χ4n) is 2.79. The minimum Gasteiger partial charge on any atom is -0.493 e. The van der Waals surface area contributed by atoms with Crippen LogP contribution in [0.4, 0.5) is 5.69 Å². The molecule has 0 saturated heterocycles. The lowest BCUT2D eigenvalue weighted by molar-refractivity contribution is 0.355. The second-order valence-electron chi connectivity index (χ2n) is 5.16. The first kappa shape index (κ1) is 14.3. The van der Waals surface area contributed by atoms with Crippen molar-refractivity contribution in [2.24, 2.45) is 5.92 Å². The van der Waals surface area contributed by atoms with Crippen LogP contribution in [-0.4, -0.2) is 20.3 Å². The second kappa shape index (κ2) is 6.38. The molecule has 1 aromatic rings. The van der Waals surface area contributed by atoms with Crippen LogP contribution in [0.5, 0.6) is 11.5 Å². The molecule has 3 nitrogen and oxygen atoms in total. The summed E-state index contributed by atoms with van der Waals surface area (Å²) in [7, 11) is 3.25. The van der Waals surface area contributed by atoms with E-state index in [-0.39, 0.29) is 0 Å². The zero-order valence-electron chi connectivity index (χ0n) is 11.8. The van der Waals surface area contributed by atoms with E-state index in [1.165, 1.54) is 25.7 Å². The summed E-state index contributed by atoms with van der Waals surface area (Å²) in [5, 5.41) is 4.18. The lowest BCUT2D eigenvalue weighted by Crippen LogP contribution is -2.23. The van der Waals surface area contributed by atoms with Gasteiger partial charge in [0.15, 0.2) is 11.5 Å². The van der Waals surface area contributed by atoms with E-state index in [2.05, 4.69) is 12.2 Å². The smallest absolute Gasteiger partial charge is 0.162 e. The van der Waals surface area contributed by atoms with Crippen molar-refractivity contribution in [3.05, 3.63) is 17.2 Å². The third-order valence-corrected chi connectivity index (χ3v) is 4.28. The highest BCUT2D eigenvalue weighted by Crippen LogP contribution is 2.37. The van der Waals surface area contributed by atoms with Crippen LogP contribution in [0.1, 0.15) is 32.6 Å². The summed E-state index contributed by atoms with van der Waals surface area (Å²) in [6.45, 7) is 2.23. The van der Waals surface area contributed by atoms with Crippen LogP contribution in [0.3, 0.4) is 0 Å². The quantitative estimate of drug-likeness (QED) is 0.871. The van der Waals surface area contributed by atoms with Gasteiger partial charge in [-0.05, 0) is 25.7 Å². The molecule has 1 saturated carbocycles. The third kappa shape index (κ3) is 3.27. The van der Waals surface area contributed by atoms with Crippen molar-refractivity contribution in [2.75, 3.05) is 19.5 Å². The third-order valence-electron chi connectivity index (χ3n) is 3.96. The minimum atomic E-state index is 0.429. The normalized spacial score (nSPS) is 17.3. The van der Waals surface area contributed by atoms with Crippen LogP contribution in [0.25, 0.3) is 0 Å². The van der Waals surface area contributed by atoms with E-state index in [9.17, 15) is 0 Å². The van der Waals surface area contributed by atoms with Crippen LogP contribution in [0.15, 0.2) is 12.1 Å². The van der Waals surface area contributed by atoms with Gasteiger partial charge in [-0.1, -0.05) is 24.4 Å². The molecule has 4 heteroatoms. The Kier molecular flexibility index (Phi) is 4.81. The lowest BCUT2D eigenvalue weighted by atomic mass is 9.99. The standard InChI is InChI=1S/C15H22ClNO2/c1-10(11-6-4-5-7-11)17-13-9-15(19-3)14(18-2)8-12(13)16/h8-11,17H,4-7H2,1-3H3. The molecule has 1 aliphatic carbocycles. The van der Waals surface area contributed by atoms with Crippen molar-refractivity contribution < 1.29 is 9.47 Å². The fraction of sp³-hybridized carbons (Fsp3) is 0.600. The number of anilines is 1. The zero-order valence-corrected chi connectivity index (χ0v) is 12.6. The van der Waals surface area contributed by atoms with Gasteiger partial charge in [0.1, 0.15) is 0 Å². The number of rotatable bonds is 5. The molecule has 0 spiro atoms. The topological polar surface area (TPSA) is 30.5 Å². The summed E-state index contributed by atoms with van der Waals surface area (Å²) in [5.41, 5.74) is 0.915. The van der Waals surface area contributed by atoms with Gasteiger partial charge in [-0.15, -0.1) is 0 Å². The molecule has 1 fully saturated rings. The van der Waals surface area contributed by atoms with E-state index in [0.29, 0.717) is 22.6 Å². The summed E-state index contributed by atoms with van der Waals surface area (Å²) in [4.78, 5) is 0. The van der Waals surface area contributed by atoms with Crippen molar-refractivity contribution in [1.29, 1.82) is 0 Å². The average Bonchev–Trinajstić information content (AvgIpc) is 2.94. The van der Waals surface area contributed by atoms with Crippen LogP contribution in [-0.2, 0) is 0 Å². The Labute approximate surface area is 120 Å². The Bertz CT molecular complexity index is 430. The van der Waals surface area contributed by atoms with Crippen molar-refractivity contribution in [2.45, 2.75) is 38.6 Å². The van der Waals surface area contributed by atoms with E-state index in [0.717, 1.165) is 11.6 Å². The lowest BCUT2D eigenvalue weighted by Gasteiger charge is -2.23. The Morgan fingerprint density at radius 3 is 2.32 bits per heavy atom. The molecule has 1 atom stereocenters. The zero-order chi connectivity index (χ0) is 13.8. The van der Waals surface area contributed by atoms with Crippen molar-refractivity contribution in [1.82, 2.24) is 0 Å². The summed E-state index contributed by atoms with van der Waals surface area (Å²) in [6.07, 6.45) is 5.30. The second-order valence-corrected chi connectivity index (χ2v) is 5.57. The molecule has 0 aromatic heterocycles. The molecule has 1 aromatic carbocycles.